The molecule has 2 aromatic rings. The van der Waals surface area contributed by atoms with Gasteiger partial charge in [0.15, 0.2) is 5.78 Å². The summed E-state index contributed by atoms with van der Waals surface area (Å²) in [4.78, 5) is 40.3. The molecule has 132 valence electrons. The van der Waals surface area contributed by atoms with Gasteiger partial charge in [0, 0.05) is 13.3 Å². The Labute approximate surface area is 145 Å². The van der Waals surface area contributed by atoms with Crippen LogP contribution in [0.2, 0.25) is 0 Å². The first-order chi connectivity index (χ1) is 12.0. The standard InChI is InChI=1S/C18H21N3O4/c1-12(22)25-17-7-4-8-19-16(17)9-13(23)10-21-11-20-15-6-3-2-5-14(15)18(21)24/h2-3,5-6,11,16-17,19H,4,7-10H2,1H3/t16-,17+/m0/s1. The molecule has 25 heavy (non-hydrogen) atoms. The van der Waals surface area contributed by atoms with Crippen LogP contribution in [-0.4, -0.2) is 40.0 Å². The molecule has 0 radical (unpaired) electrons. The van der Waals surface area contributed by atoms with Crippen molar-refractivity contribution in [3.8, 4) is 0 Å². The predicted octanol–water partition coefficient (Wildman–Crippen LogP) is 1.04. The zero-order chi connectivity index (χ0) is 17.8. The number of aromatic nitrogens is 2. The van der Waals surface area contributed by atoms with E-state index < -0.39 is 0 Å². The van der Waals surface area contributed by atoms with E-state index in [4.69, 9.17) is 4.74 Å². The molecule has 2 atom stereocenters. The molecule has 7 nitrogen and oxygen atoms in total. The van der Waals surface area contributed by atoms with Crippen molar-refractivity contribution in [1.82, 2.24) is 14.9 Å². The minimum absolute atomic E-state index is 0.0400. The number of carbonyl (C=O) groups is 2. The van der Waals surface area contributed by atoms with Gasteiger partial charge in [0.05, 0.1) is 29.8 Å². The van der Waals surface area contributed by atoms with Gasteiger partial charge in [0.2, 0.25) is 0 Å². The van der Waals surface area contributed by atoms with Gasteiger partial charge in [-0.25, -0.2) is 4.98 Å². The first kappa shape index (κ1) is 17.3. The Bertz CT molecular complexity index is 846. The monoisotopic (exact) mass is 343 g/mol. The molecule has 0 aliphatic carbocycles. The molecule has 1 fully saturated rings. The van der Waals surface area contributed by atoms with Crippen molar-refractivity contribution in [3.63, 3.8) is 0 Å². The molecule has 0 saturated carbocycles. The summed E-state index contributed by atoms with van der Waals surface area (Å²) in [7, 11) is 0. The van der Waals surface area contributed by atoms with Gasteiger partial charge in [-0.3, -0.25) is 19.0 Å². The summed E-state index contributed by atoms with van der Waals surface area (Å²) in [5.74, 6) is -0.447. The summed E-state index contributed by atoms with van der Waals surface area (Å²) in [6.07, 6.45) is 2.94. The largest absolute Gasteiger partial charge is 0.461 e. The maximum absolute atomic E-state index is 12.5. The maximum atomic E-state index is 12.5. The van der Waals surface area contributed by atoms with Gasteiger partial charge in [-0.1, -0.05) is 12.1 Å². The van der Waals surface area contributed by atoms with Crippen LogP contribution in [0.3, 0.4) is 0 Å². The number of esters is 1. The molecule has 1 aliphatic heterocycles. The van der Waals surface area contributed by atoms with E-state index >= 15 is 0 Å². The fourth-order valence-electron chi connectivity index (χ4n) is 3.20. The number of nitrogens with one attached hydrogen (secondary N) is 1. The second-order valence-corrected chi connectivity index (χ2v) is 6.29. The summed E-state index contributed by atoms with van der Waals surface area (Å²) in [6.45, 7) is 2.11. The fourth-order valence-corrected chi connectivity index (χ4v) is 3.20. The summed E-state index contributed by atoms with van der Waals surface area (Å²) in [5, 5.41) is 3.73. The van der Waals surface area contributed by atoms with E-state index in [1.165, 1.54) is 17.8 Å². The molecule has 0 unspecified atom stereocenters. The van der Waals surface area contributed by atoms with Crippen LogP contribution in [0, 0.1) is 0 Å². The third-order valence-electron chi connectivity index (χ3n) is 4.36. The number of ketones is 1. The highest BCUT2D eigenvalue weighted by atomic mass is 16.5. The van der Waals surface area contributed by atoms with Crippen LogP contribution >= 0.6 is 0 Å². The van der Waals surface area contributed by atoms with Crippen molar-refractivity contribution in [2.45, 2.75) is 44.9 Å². The molecule has 1 N–H and O–H groups in total. The number of nitrogens with zero attached hydrogens (tertiary/aromatic N) is 2. The average molecular weight is 343 g/mol. The molecule has 7 heteroatoms. The molecule has 1 aliphatic rings. The number of carbonyl (C=O) groups excluding carboxylic acids is 2. The number of benzene rings is 1. The van der Waals surface area contributed by atoms with E-state index in [1.54, 1.807) is 18.2 Å². The van der Waals surface area contributed by atoms with E-state index in [0.29, 0.717) is 10.9 Å². The lowest BCUT2D eigenvalue weighted by molar-refractivity contribution is -0.150. The number of hydrogen-bond acceptors (Lipinski definition) is 6. The summed E-state index contributed by atoms with van der Waals surface area (Å²) < 4.78 is 6.63. The number of para-hydroxylation sites is 1. The van der Waals surface area contributed by atoms with Crippen LogP contribution in [0.25, 0.3) is 10.9 Å². The maximum Gasteiger partial charge on any atom is 0.302 e. The molecular weight excluding hydrogens is 322 g/mol. The van der Waals surface area contributed by atoms with Gasteiger partial charge in [0.1, 0.15) is 6.10 Å². The lowest BCUT2D eigenvalue weighted by Crippen LogP contribution is -2.48. The van der Waals surface area contributed by atoms with Crippen molar-refractivity contribution in [2.75, 3.05) is 6.54 Å². The molecule has 2 heterocycles. The minimum atomic E-state index is -0.346. The zero-order valence-electron chi connectivity index (χ0n) is 14.1. The number of Topliss-reactive ketones (excluding diaryl/α,β-unsaturated/α-hetero) is 1. The van der Waals surface area contributed by atoms with Gasteiger partial charge in [0.25, 0.3) is 5.56 Å². The van der Waals surface area contributed by atoms with Crippen molar-refractivity contribution in [3.05, 3.63) is 40.9 Å². The van der Waals surface area contributed by atoms with Crippen LogP contribution in [0.15, 0.2) is 35.4 Å². The van der Waals surface area contributed by atoms with Gasteiger partial charge >= 0.3 is 5.97 Å². The van der Waals surface area contributed by atoms with Crippen molar-refractivity contribution in [1.29, 1.82) is 0 Å². The normalized spacial score (nSPS) is 20.4. The highest BCUT2D eigenvalue weighted by molar-refractivity contribution is 5.80. The first-order valence-electron chi connectivity index (χ1n) is 8.41. The molecular formula is C18H21N3O4. The zero-order valence-corrected chi connectivity index (χ0v) is 14.1. The molecule has 3 rings (SSSR count). The lowest BCUT2D eigenvalue weighted by atomic mass is 9.96. The Morgan fingerprint density at radius 3 is 2.96 bits per heavy atom. The average Bonchev–Trinajstić information content (AvgIpc) is 2.59. The van der Waals surface area contributed by atoms with Crippen LogP contribution in [0.5, 0.6) is 0 Å². The van der Waals surface area contributed by atoms with Crippen molar-refractivity contribution >= 4 is 22.7 Å². The van der Waals surface area contributed by atoms with Crippen LogP contribution in [-0.2, 0) is 20.9 Å². The Morgan fingerprint density at radius 1 is 1.36 bits per heavy atom. The number of rotatable bonds is 5. The Hall–Kier alpha value is -2.54. The minimum Gasteiger partial charge on any atom is -0.461 e. The van der Waals surface area contributed by atoms with E-state index in [2.05, 4.69) is 10.3 Å². The number of piperidine rings is 1. The Morgan fingerprint density at radius 2 is 2.16 bits per heavy atom. The molecule has 0 spiro atoms. The second-order valence-electron chi connectivity index (χ2n) is 6.29. The molecule has 0 bridgehead atoms. The van der Waals surface area contributed by atoms with Gasteiger partial charge in [-0.2, -0.15) is 0 Å². The highest BCUT2D eigenvalue weighted by Crippen LogP contribution is 2.16. The third kappa shape index (κ3) is 4.11. The topological polar surface area (TPSA) is 90.3 Å². The summed E-state index contributed by atoms with van der Waals surface area (Å²) in [5.41, 5.74) is 0.382. The number of fused-ring (bicyclic) bond motifs is 1. The Kier molecular flexibility index (Phi) is 5.23. The van der Waals surface area contributed by atoms with Crippen LogP contribution in [0.1, 0.15) is 26.2 Å². The molecule has 1 saturated heterocycles. The summed E-state index contributed by atoms with van der Waals surface area (Å²) in [6, 6.07) is 6.83. The lowest BCUT2D eigenvalue weighted by Gasteiger charge is -2.31. The number of ether oxygens (including phenoxy) is 1. The quantitative estimate of drug-likeness (QED) is 0.816. The van der Waals surface area contributed by atoms with Crippen LogP contribution < -0.4 is 10.9 Å². The third-order valence-corrected chi connectivity index (χ3v) is 4.36. The fraction of sp³-hybridized carbons (Fsp3) is 0.444. The van der Waals surface area contributed by atoms with E-state index in [9.17, 15) is 14.4 Å². The molecule has 1 aromatic heterocycles. The SMILES string of the molecule is CC(=O)O[C@@H]1CCCN[C@H]1CC(=O)Cn1cnc2ccccc2c1=O. The van der Waals surface area contributed by atoms with Gasteiger partial charge < -0.3 is 10.1 Å². The molecule has 0 amide bonds. The van der Waals surface area contributed by atoms with Crippen LogP contribution in [0.4, 0.5) is 0 Å². The smallest absolute Gasteiger partial charge is 0.302 e. The van der Waals surface area contributed by atoms with Gasteiger partial charge in [-0.15, -0.1) is 0 Å². The summed E-state index contributed by atoms with van der Waals surface area (Å²) >= 11 is 0. The Balaban J connectivity index is 1.70. The van der Waals surface area contributed by atoms with E-state index in [0.717, 1.165) is 19.4 Å². The van der Waals surface area contributed by atoms with Crippen molar-refractivity contribution < 1.29 is 14.3 Å². The number of hydrogen-bond donors (Lipinski definition) is 1. The van der Waals surface area contributed by atoms with Gasteiger partial charge in [-0.05, 0) is 31.5 Å². The van der Waals surface area contributed by atoms with E-state index in [-0.39, 0.29) is 42.4 Å². The molecule has 1 aromatic carbocycles. The van der Waals surface area contributed by atoms with E-state index in [1.807, 2.05) is 6.07 Å². The second kappa shape index (κ2) is 7.57. The first-order valence-corrected chi connectivity index (χ1v) is 8.41. The highest BCUT2D eigenvalue weighted by Gasteiger charge is 2.29. The van der Waals surface area contributed by atoms with Crippen molar-refractivity contribution in [2.24, 2.45) is 0 Å². The predicted molar refractivity (Wildman–Crippen MR) is 92.2 cm³/mol.